The first-order valence-electron chi connectivity index (χ1n) is 11.9. The normalized spacial score (nSPS) is 10.6. The van der Waals surface area contributed by atoms with Gasteiger partial charge in [-0.2, -0.15) is 29.8 Å². The Balaban J connectivity index is 0.000000275. The molecule has 0 aliphatic rings. The Hall–Kier alpha value is -3.12. The summed E-state index contributed by atoms with van der Waals surface area (Å²) in [7, 11) is 0. The second-order valence-corrected chi connectivity index (χ2v) is 8.42. The Bertz CT molecular complexity index is 1060. The van der Waals surface area contributed by atoms with Gasteiger partial charge in [0.1, 0.15) is 0 Å². The number of aryl methyl sites for hydroxylation is 1. The van der Waals surface area contributed by atoms with E-state index in [-0.39, 0.29) is 22.5 Å². The fourth-order valence-corrected chi connectivity index (χ4v) is 4.65. The fourth-order valence-electron chi connectivity index (χ4n) is 4.65. The molecule has 0 radical (unpaired) electrons. The van der Waals surface area contributed by atoms with Gasteiger partial charge >= 0.3 is 17.1 Å². The second kappa shape index (κ2) is 12.9. The summed E-state index contributed by atoms with van der Waals surface area (Å²) in [5.41, 5.74) is 6.34. The topological polar surface area (TPSA) is 0 Å². The Labute approximate surface area is 215 Å². The maximum Gasteiger partial charge on any atom is 2.00 e. The molecule has 0 bridgehead atoms. The molecule has 34 heavy (non-hydrogen) atoms. The molecular weight excluding hydrogens is 452 g/mol. The minimum Gasteiger partial charge on any atom is -0.213 e. The molecule has 0 nitrogen and oxygen atoms in total. The monoisotopic (exact) mass is 484 g/mol. The summed E-state index contributed by atoms with van der Waals surface area (Å²) in [6, 6.07) is 49.6. The number of rotatable bonds is 7. The van der Waals surface area contributed by atoms with Gasteiger partial charge in [0.05, 0.1) is 0 Å². The molecule has 0 spiro atoms. The van der Waals surface area contributed by atoms with E-state index in [1.807, 2.05) is 0 Å². The van der Waals surface area contributed by atoms with Crippen molar-refractivity contribution < 1.29 is 17.1 Å². The Morgan fingerprint density at radius 3 is 1.41 bits per heavy atom. The number of hydrogen-bond acceptors (Lipinski definition) is 0. The molecule has 0 fully saturated rings. The van der Waals surface area contributed by atoms with Crippen molar-refractivity contribution in [2.45, 2.75) is 31.6 Å². The molecule has 0 aliphatic carbocycles. The second-order valence-electron chi connectivity index (χ2n) is 8.42. The average Bonchev–Trinajstić information content (AvgIpc) is 3.61. The zero-order valence-corrected chi connectivity index (χ0v) is 20.9. The summed E-state index contributed by atoms with van der Waals surface area (Å²) < 4.78 is 0. The molecule has 0 aromatic heterocycles. The average molecular weight is 484 g/mol. The molecule has 0 N–H and O–H groups in total. The predicted molar refractivity (Wildman–Crippen MR) is 141 cm³/mol. The maximum atomic E-state index is 2.23. The van der Waals surface area contributed by atoms with E-state index < -0.39 is 0 Å². The van der Waals surface area contributed by atoms with Crippen molar-refractivity contribution in [2.24, 2.45) is 0 Å². The SMILES string of the molecule is CCCCc1ccc[cH-]1.[Fe+2].c1ccc(C(c2ccccc2)(c2ccccc2)c2ccc[cH-]2)cc1. The first kappa shape index (κ1) is 25.5. The van der Waals surface area contributed by atoms with E-state index in [1.54, 1.807) is 0 Å². The van der Waals surface area contributed by atoms with Gasteiger partial charge in [0, 0.05) is 5.41 Å². The molecule has 0 saturated heterocycles. The molecule has 0 amide bonds. The molecule has 5 aromatic rings. The van der Waals surface area contributed by atoms with Crippen LogP contribution >= 0.6 is 0 Å². The van der Waals surface area contributed by atoms with Crippen LogP contribution in [0.15, 0.2) is 140 Å². The van der Waals surface area contributed by atoms with Crippen LogP contribution in [-0.2, 0) is 28.9 Å². The van der Waals surface area contributed by atoms with Crippen molar-refractivity contribution in [1.29, 1.82) is 0 Å². The van der Waals surface area contributed by atoms with Gasteiger partial charge in [0.15, 0.2) is 0 Å². The van der Waals surface area contributed by atoms with E-state index in [4.69, 9.17) is 0 Å². The zero-order chi connectivity index (χ0) is 22.8. The summed E-state index contributed by atoms with van der Waals surface area (Å²) in [6.07, 6.45) is 3.87. The summed E-state index contributed by atoms with van der Waals surface area (Å²) in [4.78, 5) is 0. The maximum absolute atomic E-state index is 2.23. The Morgan fingerprint density at radius 2 is 1.03 bits per heavy atom. The number of benzene rings is 3. The van der Waals surface area contributed by atoms with E-state index in [0.29, 0.717) is 0 Å². The minimum atomic E-state index is -0.298. The van der Waals surface area contributed by atoms with Crippen molar-refractivity contribution in [1.82, 2.24) is 0 Å². The first-order chi connectivity index (χ1) is 16.4. The smallest absolute Gasteiger partial charge is 0.213 e. The molecule has 0 saturated carbocycles. The standard InChI is InChI=1S/C24H19.C9H13.Fe/c1-4-12-20(13-5-1)24(23-18-10-11-19-23,21-14-6-2-7-15-21)22-16-8-3-9-17-22;1-2-3-6-9-7-4-5-8-9;/h1-19H;4-5,7-8H,2-3,6H2,1H3;/q2*-1;+2. The van der Waals surface area contributed by atoms with Gasteiger partial charge in [-0.15, -0.1) is 5.56 Å². The van der Waals surface area contributed by atoms with Crippen molar-refractivity contribution in [3.63, 3.8) is 0 Å². The van der Waals surface area contributed by atoms with E-state index in [0.717, 1.165) is 0 Å². The van der Waals surface area contributed by atoms with Crippen molar-refractivity contribution >= 4 is 0 Å². The zero-order valence-electron chi connectivity index (χ0n) is 19.8. The summed E-state index contributed by atoms with van der Waals surface area (Å²) >= 11 is 0. The van der Waals surface area contributed by atoms with Gasteiger partial charge < -0.3 is 0 Å². The van der Waals surface area contributed by atoms with Gasteiger partial charge in [-0.05, 0) is 16.7 Å². The van der Waals surface area contributed by atoms with Crippen LogP contribution in [0.2, 0.25) is 0 Å². The van der Waals surface area contributed by atoms with Crippen molar-refractivity contribution in [3.8, 4) is 0 Å². The van der Waals surface area contributed by atoms with Crippen LogP contribution in [-0.4, -0.2) is 0 Å². The number of unbranched alkanes of at least 4 members (excludes halogenated alkanes) is 1. The van der Waals surface area contributed by atoms with Gasteiger partial charge in [0.2, 0.25) is 0 Å². The van der Waals surface area contributed by atoms with E-state index in [9.17, 15) is 0 Å². The molecule has 1 heteroatoms. The third kappa shape index (κ3) is 5.68. The van der Waals surface area contributed by atoms with Crippen LogP contribution in [0.25, 0.3) is 0 Å². The minimum absolute atomic E-state index is 0. The van der Waals surface area contributed by atoms with Crippen LogP contribution in [0.1, 0.15) is 47.6 Å². The summed E-state index contributed by atoms with van der Waals surface area (Å²) in [5, 5.41) is 0. The van der Waals surface area contributed by atoms with E-state index in [1.165, 1.54) is 47.1 Å². The third-order valence-electron chi connectivity index (χ3n) is 6.27. The van der Waals surface area contributed by atoms with Gasteiger partial charge in [-0.25, -0.2) is 24.3 Å². The van der Waals surface area contributed by atoms with Gasteiger partial charge in [-0.1, -0.05) is 117 Å². The van der Waals surface area contributed by atoms with Crippen LogP contribution in [0, 0.1) is 0 Å². The Kier molecular flexibility index (Phi) is 9.71. The third-order valence-corrected chi connectivity index (χ3v) is 6.27. The first-order valence-corrected chi connectivity index (χ1v) is 11.9. The van der Waals surface area contributed by atoms with Crippen molar-refractivity contribution in [2.75, 3.05) is 0 Å². The van der Waals surface area contributed by atoms with Crippen LogP contribution < -0.4 is 0 Å². The molecule has 172 valence electrons. The molecule has 0 aliphatic heterocycles. The van der Waals surface area contributed by atoms with Gasteiger partial charge in [-0.3, -0.25) is 0 Å². The summed E-state index contributed by atoms with van der Waals surface area (Å²) in [5.74, 6) is 0. The van der Waals surface area contributed by atoms with Crippen LogP contribution in [0.4, 0.5) is 0 Å². The van der Waals surface area contributed by atoms with Crippen LogP contribution in [0.5, 0.6) is 0 Å². The van der Waals surface area contributed by atoms with E-state index >= 15 is 0 Å². The molecule has 0 heterocycles. The molecule has 0 atom stereocenters. The molecular formula is C33H32Fe. The fraction of sp³-hybridized carbons (Fsp3) is 0.152. The number of hydrogen-bond donors (Lipinski definition) is 0. The molecule has 5 aromatic carbocycles. The molecule has 0 unspecified atom stereocenters. The van der Waals surface area contributed by atoms with Crippen LogP contribution in [0.3, 0.4) is 0 Å². The predicted octanol–water partition coefficient (Wildman–Crippen LogP) is 8.53. The quantitative estimate of drug-likeness (QED) is 0.123. The summed E-state index contributed by atoms with van der Waals surface area (Å²) in [6.45, 7) is 2.23. The van der Waals surface area contributed by atoms with Gasteiger partial charge in [0.25, 0.3) is 0 Å². The van der Waals surface area contributed by atoms with Crippen molar-refractivity contribution in [3.05, 3.63) is 167 Å². The largest absolute Gasteiger partial charge is 2.00 e. The Morgan fingerprint density at radius 1 is 0.559 bits per heavy atom. The molecule has 5 rings (SSSR count). The van der Waals surface area contributed by atoms with E-state index in [2.05, 4.69) is 146 Å².